The van der Waals surface area contributed by atoms with Crippen molar-refractivity contribution in [2.24, 2.45) is 0 Å². The molecule has 0 N–H and O–H groups in total. The van der Waals surface area contributed by atoms with Crippen molar-refractivity contribution in [3.8, 4) is 5.75 Å². The molecular formula is C31H30FN3O6. The third-order valence-electron chi connectivity index (χ3n) is 7.75. The Morgan fingerprint density at radius 2 is 1.80 bits per heavy atom. The summed E-state index contributed by atoms with van der Waals surface area (Å²) < 4.78 is 23.4. The van der Waals surface area contributed by atoms with Crippen LogP contribution in [0.1, 0.15) is 69.4 Å². The number of ether oxygens (including phenoxy) is 1. The summed E-state index contributed by atoms with van der Waals surface area (Å²) >= 11 is 0. The summed E-state index contributed by atoms with van der Waals surface area (Å²) in [7, 11) is 1.43. The summed E-state index contributed by atoms with van der Waals surface area (Å²) in [6.45, 7) is 4.64. The van der Waals surface area contributed by atoms with E-state index in [1.165, 1.54) is 50.6 Å². The van der Waals surface area contributed by atoms with E-state index >= 15 is 4.39 Å². The Kier molecular flexibility index (Phi) is 7.57. The smallest absolute Gasteiger partial charge is 0.219 e. The monoisotopic (exact) mass is 559 g/mol. The van der Waals surface area contributed by atoms with E-state index in [2.05, 4.69) is 0 Å². The van der Waals surface area contributed by atoms with E-state index in [1.54, 1.807) is 11.0 Å². The second kappa shape index (κ2) is 11.1. The van der Waals surface area contributed by atoms with Crippen LogP contribution >= 0.6 is 0 Å². The van der Waals surface area contributed by atoms with Gasteiger partial charge in [0.1, 0.15) is 5.69 Å². The Balaban J connectivity index is 1.58. The SMILES string of the molecule is COc1c(N2CCN(C(C)=O)C(C)C2)c(F)cc2c(=O)c(C(=O)C=Cc3ccc(C=O)c(C=O)c3)cn(C3CC3)c12. The predicted octanol–water partition coefficient (Wildman–Crippen LogP) is 4.06. The number of amides is 1. The van der Waals surface area contributed by atoms with Gasteiger partial charge in [-0.15, -0.1) is 0 Å². The van der Waals surface area contributed by atoms with Gasteiger partial charge in [0.15, 0.2) is 29.9 Å². The number of nitrogens with zero attached hydrogens (tertiary/aromatic N) is 3. The number of aromatic nitrogens is 1. The number of rotatable bonds is 8. The van der Waals surface area contributed by atoms with Crippen LogP contribution in [0.4, 0.5) is 10.1 Å². The van der Waals surface area contributed by atoms with Gasteiger partial charge in [-0.1, -0.05) is 18.2 Å². The molecule has 3 aromatic rings. The van der Waals surface area contributed by atoms with E-state index in [-0.39, 0.29) is 51.5 Å². The number of piperazine rings is 1. The van der Waals surface area contributed by atoms with E-state index in [9.17, 15) is 24.0 Å². The molecule has 1 saturated heterocycles. The highest BCUT2D eigenvalue weighted by atomic mass is 19.1. The Hall–Kier alpha value is -4.60. The lowest BCUT2D eigenvalue weighted by atomic mass is 10.0. The molecule has 5 rings (SSSR count). The number of aldehydes is 2. The van der Waals surface area contributed by atoms with Crippen LogP contribution < -0.4 is 15.1 Å². The van der Waals surface area contributed by atoms with Gasteiger partial charge in [0.2, 0.25) is 11.3 Å². The molecule has 1 aromatic heterocycles. The Morgan fingerprint density at radius 1 is 1.07 bits per heavy atom. The van der Waals surface area contributed by atoms with Gasteiger partial charge in [0.05, 0.1) is 23.6 Å². The molecule has 1 amide bonds. The molecule has 1 saturated carbocycles. The minimum Gasteiger partial charge on any atom is -0.492 e. The number of allylic oxidation sites excluding steroid dienone is 1. The van der Waals surface area contributed by atoms with Crippen LogP contribution in [-0.4, -0.2) is 66.5 Å². The minimum atomic E-state index is -0.644. The number of anilines is 1. The molecule has 0 radical (unpaired) electrons. The van der Waals surface area contributed by atoms with Gasteiger partial charge in [-0.3, -0.25) is 24.0 Å². The first-order valence-electron chi connectivity index (χ1n) is 13.4. The topological polar surface area (TPSA) is 106 Å². The number of pyridine rings is 1. The van der Waals surface area contributed by atoms with Gasteiger partial charge in [-0.25, -0.2) is 4.39 Å². The van der Waals surface area contributed by atoms with Crippen LogP contribution in [0.15, 0.2) is 41.3 Å². The van der Waals surface area contributed by atoms with Crippen molar-refractivity contribution in [3.63, 3.8) is 0 Å². The number of carbonyl (C=O) groups excluding carboxylic acids is 4. The van der Waals surface area contributed by atoms with E-state index in [1.807, 2.05) is 16.4 Å². The number of hydrogen-bond acceptors (Lipinski definition) is 7. The van der Waals surface area contributed by atoms with Gasteiger partial charge in [-0.05, 0) is 43.5 Å². The summed E-state index contributed by atoms with van der Waals surface area (Å²) in [6, 6.07) is 5.59. The van der Waals surface area contributed by atoms with Crippen LogP contribution in [0.25, 0.3) is 17.0 Å². The fraction of sp³-hybridized carbons (Fsp3) is 0.323. The molecule has 41 heavy (non-hydrogen) atoms. The summed E-state index contributed by atoms with van der Waals surface area (Å²) in [4.78, 5) is 64.8. The number of carbonyl (C=O) groups is 4. The van der Waals surface area contributed by atoms with Gasteiger partial charge in [0, 0.05) is 56.0 Å². The van der Waals surface area contributed by atoms with Crippen LogP contribution in [0.2, 0.25) is 0 Å². The highest BCUT2D eigenvalue weighted by Crippen LogP contribution is 2.44. The van der Waals surface area contributed by atoms with Crippen molar-refractivity contribution in [2.75, 3.05) is 31.6 Å². The molecule has 1 aliphatic carbocycles. The molecule has 2 aromatic carbocycles. The lowest BCUT2D eigenvalue weighted by Crippen LogP contribution is -2.53. The van der Waals surface area contributed by atoms with Crippen LogP contribution in [0.3, 0.4) is 0 Å². The minimum absolute atomic E-state index is 0.0281. The second-order valence-corrected chi connectivity index (χ2v) is 10.5. The van der Waals surface area contributed by atoms with Crippen molar-refractivity contribution in [1.29, 1.82) is 0 Å². The molecule has 1 atom stereocenters. The number of fused-ring (bicyclic) bond motifs is 1. The first kappa shape index (κ1) is 27.9. The summed E-state index contributed by atoms with van der Waals surface area (Å²) in [5, 5.41) is 0.0447. The van der Waals surface area contributed by atoms with E-state index < -0.39 is 17.0 Å². The Bertz CT molecular complexity index is 1670. The molecule has 2 heterocycles. The van der Waals surface area contributed by atoms with Gasteiger partial charge in [0.25, 0.3) is 0 Å². The van der Waals surface area contributed by atoms with Crippen molar-refractivity contribution < 1.29 is 28.3 Å². The average Bonchev–Trinajstić information content (AvgIpc) is 3.80. The molecule has 1 unspecified atom stereocenters. The van der Waals surface area contributed by atoms with Crippen LogP contribution in [-0.2, 0) is 4.79 Å². The van der Waals surface area contributed by atoms with Crippen molar-refractivity contribution in [3.05, 3.63) is 74.8 Å². The van der Waals surface area contributed by atoms with Gasteiger partial charge in [-0.2, -0.15) is 0 Å². The number of hydrogen-bond donors (Lipinski definition) is 0. The Morgan fingerprint density at radius 3 is 2.41 bits per heavy atom. The van der Waals surface area contributed by atoms with Crippen molar-refractivity contribution in [2.45, 2.75) is 38.8 Å². The highest BCUT2D eigenvalue weighted by Gasteiger charge is 2.33. The Labute approximate surface area is 235 Å². The normalized spacial score (nSPS) is 17.2. The third-order valence-corrected chi connectivity index (χ3v) is 7.75. The lowest BCUT2D eigenvalue weighted by molar-refractivity contribution is -0.131. The number of benzene rings is 2. The maximum atomic E-state index is 15.8. The molecular weight excluding hydrogens is 529 g/mol. The molecule has 9 nitrogen and oxygen atoms in total. The first-order valence-corrected chi connectivity index (χ1v) is 13.4. The van der Waals surface area contributed by atoms with E-state index in [0.29, 0.717) is 43.3 Å². The quantitative estimate of drug-likeness (QED) is 0.233. The maximum absolute atomic E-state index is 15.8. The average molecular weight is 560 g/mol. The summed E-state index contributed by atoms with van der Waals surface area (Å²) in [6.07, 6.45) is 7.00. The molecule has 0 bridgehead atoms. The van der Waals surface area contributed by atoms with E-state index in [4.69, 9.17) is 4.74 Å². The summed E-state index contributed by atoms with van der Waals surface area (Å²) in [5.74, 6) is -1.04. The molecule has 0 spiro atoms. The summed E-state index contributed by atoms with van der Waals surface area (Å²) in [5.41, 5.74) is 0.855. The standard InChI is InChI=1S/C31H30FN3O6/c1-18-14-33(10-11-34(18)19(2)38)29-26(32)13-24-28(31(29)41-3)35(23-7-8-23)15-25(30(24)40)27(39)9-5-20-4-6-21(16-36)22(12-20)17-37/h4-6,9,12-13,15-18,23H,7-8,10-11,14H2,1-3H3. The highest BCUT2D eigenvalue weighted by molar-refractivity contribution is 6.09. The fourth-order valence-electron chi connectivity index (χ4n) is 5.54. The molecule has 1 aliphatic heterocycles. The van der Waals surface area contributed by atoms with Crippen molar-refractivity contribution >= 4 is 46.9 Å². The second-order valence-electron chi connectivity index (χ2n) is 10.5. The first-order chi connectivity index (χ1) is 19.7. The van der Waals surface area contributed by atoms with Gasteiger partial charge < -0.3 is 19.1 Å². The molecule has 212 valence electrons. The van der Waals surface area contributed by atoms with Crippen LogP contribution in [0, 0.1) is 5.82 Å². The fourth-order valence-corrected chi connectivity index (χ4v) is 5.54. The zero-order chi connectivity index (χ0) is 29.4. The lowest BCUT2D eigenvalue weighted by Gasteiger charge is -2.41. The maximum Gasteiger partial charge on any atom is 0.219 e. The molecule has 2 aliphatic rings. The number of ketones is 1. The van der Waals surface area contributed by atoms with Crippen LogP contribution in [0.5, 0.6) is 5.75 Å². The van der Waals surface area contributed by atoms with Gasteiger partial charge >= 0.3 is 0 Å². The third kappa shape index (κ3) is 5.17. The van der Waals surface area contributed by atoms with Crippen molar-refractivity contribution in [1.82, 2.24) is 9.47 Å². The molecule has 10 heteroatoms. The zero-order valence-corrected chi connectivity index (χ0v) is 23.1. The predicted molar refractivity (Wildman–Crippen MR) is 153 cm³/mol. The zero-order valence-electron chi connectivity index (χ0n) is 23.1. The number of methoxy groups -OCH3 is 1. The number of halogens is 1. The molecule has 2 fully saturated rings. The largest absolute Gasteiger partial charge is 0.492 e. The van der Waals surface area contributed by atoms with E-state index in [0.717, 1.165) is 12.8 Å².